The highest BCUT2D eigenvalue weighted by Crippen LogP contribution is 2.36. The van der Waals surface area contributed by atoms with Gasteiger partial charge in [0.15, 0.2) is 0 Å². The predicted molar refractivity (Wildman–Crippen MR) is 58.3 cm³/mol. The molecule has 0 aromatic heterocycles. The fourth-order valence-corrected chi connectivity index (χ4v) is 1.70. The lowest BCUT2D eigenvalue weighted by atomic mass is 10.2. The van der Waals surface area contributed by atoms with E-state index in [1.165, 1.54) is 12.1 Å². The number of phenols is 1. The zero-order valence-electron chi connectivity index (χ0n) is 8.16. The van der Waals surface area contributed by atoms with E-state index in [1.54, 1.807) is 12.1 Å². The molecule has 0 aliphatic heterocycles. The van der Waals surface area contributed by atoms with E-state index in [9.17, 15) is 4.79 Å². The van der Waals surface area contributed by atoms with E-state index in [0.29, 0.717) is 11.4 Å². The first-order valence-corrected chi connectivity index (χ1v) is 5.36. The smallest absolute Gasteiger partial charge is 0.251 e. The molecule has 3 nitrogen and oxygen atoms in total. The number of amides is 1. The Morgan fingerprint density at radius 1 is 1.40 bits per heavy atom. The fourth-order valence-electron chi connectivity index (χ4n) is 1.37. The molecule has 1 saturated carbocycles. The summed E-state index contributed by atoms with van der Waals surface area (Å²) in [5.74, 6) is 0.481. The lowest BCUT2D eigenvalue weighted by Gasteiger charge is -2.13. The standard InChI is InChI=1S/C11H12ClNO2/c12-7-11(5-6-11)13-10(15)8-1-3-9(14)4-2-8/h1-4,14H,5-7H2,(H,13,15). The van der Waals surface area contributed by atoms with Gasteiger partial charge in [0.1, 0.15) is 5.75 Å². The van der Waals surface area contributed by atoms with Crippen LogP contribution in [-0.2, 0) is 0 Å². The highest BCUT2D eigenvalue weighted by atomic mass is 35.5. The molecule has 1 aromatic carbocycles. The third-order valence-electron chi connectivity index (χ3n) is 2.62. The fraction of sp³-hybridized carbons (Fsp3) is 0.364. The van der Waals surface area contributed by atoms with Crippen molar-refractivity contribution >= 4 is 17.5 Å². The molecule has 0 saturated heterocycles. The number of hydrogen-bond donors (Lipinski definition) is 2. The van der Waals surface area contributed by atoms with Crippen LogP contribution in [-0.4, -0.2) is 22.4 Å². The molecule has 0 atom stereocenters. The van der Waals surface area contributed by atoms with Crippen molar-refractivity contribution < 1.29 is 9.90 Å². The summed E-state index contributed by atoms with van der Waals surface area (Å²) in [4.78, 5) is 11.7. The summed E-state index contributed by atoms with van der Waals surface area (Å²) in [6.07, 6.45) is 1.89. The minimum Gasteiger partial charge on any atom is -0.508 e. The first-order valence-electron chi connectivity index (χ1n) is 4.83. The molecule has 1 amide bonds. The summed E-state index contributed by atoms with van der Waals surface area (Å²) in [6.45, 7) is 0. The number of rotatable bonds is 3. The lowest BCUT2D eigenvalue weighted by molar-refractivity contribution is 0.0936. The number of aromatic hydroxyl groups is 1. The molecule has 1 aliphatic carbocycles. The molecule has 0 bridgehead atoms. The van der Waals surface area contributed by atoms with Gasteiger partial charge >= 0.3 is 0 Å². The Labute approximate surface area is 93.1 Å². The van der Waals surface area contributed by atoms with E-state index in [4.69, 9.17) is 16.7 Å². The second-order valence-corrected chi connectivity index (χ2v) is 4.18. The third kappa shape index (κ3) is 2.23. The zero-order chi connectivity index (χ0) is 10.9. The van der Waals surface area contributed by atoms with Gasteiger partial charge in [-0.3, -0.25) is 4.79 Å². The van der Waals surface area contributed by atoms with E-state index in [2.05, 4.69) is 5.32 Å². The summed E-state index contributed by atoms with van der Waals surface area (Å²) in [6, 6.07) is 6.17. The van der Waals surface area contributed by atoms with Crippen LogP contribution in [0.4, 0.5) is 0 Å². The highest BCUT2D eigenvalue weighted by Gasteiger charge is 2.43. The van der Waals surface area contributed by atoms with Crippen molar-refractivity contribution in [2.45, 2.75) is 18.4 Å². The molecule has 0 spiro atoms. The van der Waals surface area contributed by atoms with E-state index in [-0.39, 0.29) is 17.2 Å². The van der Waals surface area contributed by atoms with Crippen molar-refractivity contribution in [2.24, 2.45) is 0 Å². The second kappa shape index (κ2) is 3.74. The van der Waals surface area contributed by atoms with Crippen LogP contribution in [0.25, 0.3) is 0 Å². The normalized spacial score (nSPS) is 17.1. The average Bonchev–Trinajstić information content (AvgIpc) is 2.99. The number of nitrogens with one attached hydrogen (secondary N) is 1. The Hall–Kier alpha value is -1.22. The second-order valence-electron chi connectivity index (χ2n) is 3.91. The van der Waals surface area contributed by atoms with Gasteiger partial charge in [-0.15, -0.1) is 11.6 Å². The summed E-state index contributed by atoms with van der Waals surface area (Å²) in [7, 11) is 0. The third-order valence-corrected chi connectivity index (χ3v) is 3.13. The van der Waals surface area contributed by atoms with Crippen molar-refractivity contribution in [2.75, 3.05) is 5.88 Å². The van der Waals surface area contributed by atoms with E-state index in [0.717, 1.165) is 12.8 Å². The Bertz CT molecular complexity index is 371. The molecular weight excluding hydrogens is 214 g/mol. The van der Waals surface area contributed by atoms with Gasteiger partial charge in [0.05, 0.1) is 5.54 Å². The van der Waals surface area contributed by atoms with E-state index >= 15 is 0 Å². The van der Waals surface area contributed by atoms with Gasteiger partial charge in [-0.1, -0.05) is 0 Å². The van der Waals surface area contributed by atoms with Crippen molar-refractivity contribution in [3.05, 3.63) is 29.8 Å². The van der Waals surface area contributed by atoms with Gasteiger partial charge in [0, 0.05) is 11.4 Å². The largest absolute Gasteiger partial charge is 0.508 e. The van der Waals surface area contributed by atoms with Gasteiger partial charge in [0.25, 0.3) is 5.91 Å². The number of halogens is 1. The minimum absolute atomic E-state index is 0.131. The first-order chi connectivity index (χ1) is 7.15. The molecule has 15 heavy (non-hydrogen) atoms. The maximum Gasteiger partial charge on any atom is 0.251 e. The van der Waals surface area contributed by atoms with Crippen LogP contribution in [0.2, 0.25) is 0 Å². The number of benzene rings is 1. The van der Waals surface area contributed by atoms with Crippen molar-refractivity contribution in [3.63, 3.8) is 0 Å². The molecule has 0 radical (unpaired) electrons. The molecule has 1 fully saturated rings. The monoisotopic (exact) mass is 225 g/mol. The Balaban J connectivity index is 2.05. The quantitative estimate of drug-likeness (QED) is 0.772. The highest BCUT2D eigenvalue weighted by molar-refractivity contribution is 6.19. The van der Waals surface area contributed by atoms with Gasteiger partial charge in [-0.05, 0) is 37.1 Å². The minimum atomic E-state index is -0.184. The predicted octanol–water partition coefficient (Wildman–Crippen LogP) is 1.89. The molecule has 80 valence electrons. The molecule has 1 aliphatic rings. The van der Waals surface area contributed by atoms with Crippen LogP contribution in [0.1, 0.15) is 23.2 Å². The van der Waals surface area contributed by atoms with Gasteiger partial charge in [-0.25, -0.2) is 0 Å². The molecule has 0 heterocycles. The summed E-state index contributed by atoms with van der Waals surface area (Å²) in [5, 5.41) is 12.0. The summed E-state index contributed by atoms with van der Waals surface area (Å²) < 4.78 is 0. The molecule has 2 rings (SSSR count). The molecule has 4 heteroatoms. The summed E-state index contributed by atoms with van der Waals surface area (Å²) in [5.41, 5.74) is 0.362. The van der Waals surface area contributed by atoms with Crippen LogP contribution >= 0.6 is 11.6 Å². The molecule has 0 unspecified atom stereocenters. The number of carbonyl (C=O) groups is 1. The first kappa shape index (κ1) is 10.3. The molecular formula is C11H12ClNO2. The van der Waals surface area contributed by atoms with E-state index < -0.39 is 0 Å². The average molecular weight is 226 g/mol. The van der Waals surface area contributed by atoms with Gasteiger partial charge in [0.2, 0.25) is 0 Å². The van der Waals surface area contributed by atoms with Crippen LogP contribution in [0, 0.1) is 0 Å². The van der Waals surface area contributed by atoms with Crippen molar-refractivity contribution in [1.29, 1.82) is 0 Å². The Kier molecular flexibility index (Phi) is 2.57. The Morgan fingerprint density at radius 3 is 2.47 bits per heavy atom. The van der Waals surface area contributed by atoms with Gasteiger partial charge < -0.3 is 10.4 Å². The lowest BCUT2D eigenvalue weighted by Crippen LogP contribution is -2.38. The van der Waals surface area contributed by atoms with Crippen LogP contribution < -0.4 is 5.32 Å². The van der Waals surface area contributed by atoms with E-state index in [1.807, 2.05) is 0 Å². The number of hydrogen-bond acceptors (Lipinski definition) is 2. The maximum atomic E-state index is 11.7. The summed E-state index contributed by atoms with van der Waals surface area (Å²) >= 11 is 5.76. The number of alkyl halides is 1. The van der Waals surface area contributed by atoms with Crippen molar-refractivity contribution in [1.82, 2.24) is 5.32 Å². The molecule has 2 N–H and O–H groups in total. The van der Waals surface area contributed by atoms with Crippen LogP contribution in [0.5, 0.6) is 5.75 Å². The maximum absolute atomic E-state index is 11.7. The van der Waals surface area contributed by atoms with Crippen LogP contribution in [0.3, 0.4) is 0 Å². The molecule has 1 aromatic rings. The zero-order valence-corrected chi connectivity index (χ0v) is 8.92. The van der Waals surface area contributed by atoms with Crippen molar-refractivity contribution in [3.8, 4) is 5.75 Å². The Morgan fingerprint density at radius 2 is 2.00 bits per heavy atom. The number of carbonyl (C=O) groups excluding carboxylic acids is 1. The van der Waals surface area contributed by atoms with Gasteiger partial charge in [-0.2, -0.15) is 0 Å². The SMILES string of the molecule is O=C(NC1(CCl)CC1)c1ccc(O)cc1. The number of phenolic OH excluding ortho intramolecular Hbond substituents is 1. The topological polar surface area (TPSA) is 49.3 Å². The van der Waals surface area contributed by atoms with Crippen LogP contribution in [0.15, 0.2) is 24.3 Å².